The zero-order valence-electron chi connectivity index (χ0n) is 6.82. The minimum atomic E-state index is 0.338. The maximum Gasteiger partial charge on any atom is 0.0998 e. The average Bonchev–Trinajstić information content (AvgIpc) is 2.60. The summed E-state index contributed by atoms with van der Waals surface area (Å²) in [4.78, 5) is 10.2. The predicted molar refractivity (Wildman–Crippen MR) is 41.9 cm³/mol. The van der Waals surface area contributed by atoms with Gasteiger partial charge in [-0.05, 0) is 25.7 Å². The Hall–Kier alpha value is -0.340. The summed E-state index contributed by atoms with van der Waals surface area (Å²) >= 11 is 0. The topological polar surface area (TPSA) is 18.5 Å². The number of hydrogen-bond acceptors (Lipinski definition) is 2. The highest BCUT2D eigenvalue weighted by molar-refractivity contribution is 5.10. The van der Waals surface area contributed by atoms with Crippen molar-refractivity contribution in [1.29, 1.82) is 0 Å². The Morgan fingerprint density at radius 3 is 2.82 bits per heavy atom. The van der Waals surface area contributed by atoms with E-state index >= 15 is 0 Å². The zero-order valence-corrected chi connectivity index (χ0v) is 6.82. The van der Waals surface area contributed by atoms with Crippen LogP contribution in [0.4, 0.5) is 0 Å². The molecule has 2 rings (SSSR count). The molecule has 2 aliphatic rings. The van der Waals surface area contributed by atoms with E-state index in [2.05, 4.69) is 12.2 Å². The summed E-state index contributed by atoms with van der Waals surface area (Å²) in [6.07, 6.45) is 7.33. The molecule has 1 fully saturated rings. The van der Waals surface area contributed by atoms with E-state index in [-0.39, 0.29) is 0 Å². The first-order chi connectivity index (χ1) is 5.40. The SMILES string of the molecule is CCOOC1CC2C=CC1C2. The van der Waals surface area contributed by atoms with Gasteiger partial charge in [-0.25, -0.2) is 9.78 Å². The van der Waals surface area contributed by atoms with Crippen molar-refractivity contribution in [2.45, 2.75) is 25.9 Å². The fourth-order valence-corrected chi connectivity index (χ4v) is 2.00. The molecule has 0 aromatic carbocycles. The summed E-state index contributed by atoms with van der Waals surface area (Å²) < 4.78 is 0. The monoisotopic (exact) mass is 154 g/mol. The lowest BCUT2D eigenvalue weighted by Gasteiger charge is -2.16. The second kappa shape index (κ2) is 2.95. The van der Waals surface area contributed by atoms with E-state index in [1.165, 1.54) is 6.42 Å². The van der Waals surface area contributed by atoms with Gasteiger partial charge >= 0.3 is 0 Å². The molecular weight excluding hydrogens is 140 g/mol. The van der Waals surface area contributed by atoms with Gasteiger partial charge in [-0.15, -0.1) is 0 Å². The second-order valence-electron chi connectivity index (χ2n) is 3.32. The molecule has 0 saturated heterocycles. The quantitative estimate of drug-likeness (QED) is 0.351. The third-order valence-electron chi connectivity index (χ3n) is 2.53. The van der Waals surface area contributed by atoms with Crippen LogP contribution in [-0.2, 0) is 9.78 Å². The minimum Gasteiger partial charge on any atom is -0.237 e. The number of hydrogen-bond donors (Lipinski definition) is 0. The highest BCUT2D eigenvalue weighted by Crippen LogP contribution is 2.40. The van der Waals surface area contributed by atoms with Crippen molar-refractivity contribution in [3.63, 3.8) is 0 Å². The smallest absolute Gasteiger partial charge is 0.0998 e. The van der Waals surface area contributed by atoms with Gasteiger partial charge in [0.25, 0.3) is 0 Å². The molecule has 2 aliphatic carbocycles. The second-order valence-corrected chi connectivity index (χ2v) is 3.32. The van der Waals surface area contributed by atoms with Gasteiger partial charge in [0.05, 0.1) is 12.7 Å². The Morgan fingerprint density at radius 2 is 2.27 bits per heavy atom. The van der Waals surface area contributed by atoms with E-state index in [1.54, 1.807) is 0 Å². The Labute approximate surface area is 67.1 Å². The molecule has 0 heterocycles. The van der Waals surface area contributed by atoms with Crippen LogP contribution in [0.1, 0.15) is 19.8 Å². The van der Waals surface area contributed by atoms with Gasteiger partial charge in [-0.2, -0.15) is 0 Å². The molecule has 0 aliphatic heterocycles. The molecule has 0 N–H and O–H groups in total. The number of rotatable bonds is 3. The van der Waals surface area contributed by atoms with E-state index in [0.717, 1.165) is 12.3 Å². The maximum atomic E-state index is 5.23. The van der Waals surface area contributed by atoms with Crippen LogP contribution >= 0.6 is 0 Å². The molecule has 62 valence electrons. The lowest BCUT2D eigenvalue weighted by molar-refractivity contribution is -0.325. The Morgan fingerprint density at radius 1 is 1.36 bits per heavy atom. The summed E-state index contributed by atoms with van der Waals surface area (Å²) in [6.45, 7) is 2.60. The predicted octanol–water partition coefficient (Wildman–Crippen LogP) is 1.92. The van der Waals surface area contributed by atoms with E-state index < -0.39 is 0 Å². The van der Waals surface area contributed by atoms with Crippen LogP contribution in [-0.4, -0.2) is 12.7 Å². The molecule has 11 heavy (non-hydrogen) atoms. The van der Waals surface area contributed by atoms with Crippen molar-refractivity contribution in [2.24, 2.45) is 11.8 Å². The van der Waals surface area contributed by atoms with Crippen LogP contribution in [0.3, 0.4) is 0 Å². The molecule has 0 amide bonds. The molecule has 1 saturated carbocycles. The normalized spacial score (nSPS) is 40.3. The van der Waals surface area contributed by atoms with Crippen molar-refractivity contribution in [2.75, 3.05) is 6.61 Å². The first kappa shape index (κ1) is 7.32. The molecule has 2 nitrogen and oxygen atoms in total. The van der Waals surface area contributed by atoms with Crippen molar-refractivity contribution in [3.8, 4) is 0 Å². The molecule has 0 radical (unpaired) electrons. The summed E-state index contributed by atoms with van der Waals surface area (Å²) in [6, 6.07) is 0. The standard InChI is InChI=1S/C9H14O2/c1-2-10-11-9-6-7-3-4-8(9)5-7/h3-4,7-9H,2,5-6H2,1H3. The zero-order chi connectivity index (χ0) is 7.68. The van der Waals surface area contributed by atoms with Gasteiger partial charge in [0, 0.05) is 5.92 Å². The first-order valence-corrected chi connectivity index (χ1v) is 4.36. The van der Waals surface area contributed by atoms with Gasteiger partial charge in [-0.3, -0.25) is 0 Å². The van der Waals surface area contributed by atoms with Crippen LogP contribution in [0.25, 0.3) is 0 Å². The highest BCUT2D eigenvalue weighted by Gasteiger charge is 2.36. The summed E-state index contributed by atoms with van der Waals surface area (Å²) in [7, 11) is 0. The molecule has 3 unspecified atom stereocenters. The molecule has 0 spiro atoms. The number of allylic oxidation sites excluding steroid dienone is 1. The van der Waals surface area contributed by atoms with Gasteiger partial charge in [0.1, 0.15) is 0 Å². The van der Waals surface area contributed by atoms with Crippen LogP contribution in [0.15, 0.2) is 12.2 Å². The van der Waals surface area contributed by atoms with Crippen molar-refractivity contribution in [1.82, 2.24) is 0 Å². The number of fused-ring (bicyclic) bond motifs is 2. The third-order valence-corrected chi connectivity index (χ3v) is 2.53. The van der Waals surface area contributed by atoms with Crippen molar-refractivity contribution in [3.05, 3.63) is 12.2 Å². The molecular formula is C9H14O2. The van der Waals surface area contributed by atoms with Gasteiger partial charge < -0.3 is 0 Å². The lowest BCUT2D eigenvalue weighted by atomic mass is 10.1. The summed E-state index contributed by atoms with van der Waals surface area (Å²) in [5.74, 6) is 1.40. The van der Waals surface area contributed by atoms with Crippen molar-refractivity contribution < 1.29 is 9.78 Å². The summed E-state index contributed by atoms with van der Waals surface area (Å²) in [5, 5.41) is 0. The van der Waals surface area contributed by atoms with Crippen LogP contribution in [0.2, 0.25) is 0 Å². The Kier molecular flexibility index (Phi) is 1.96. The van der Waals surface area contributed by atoms with E-state index in [4.69, 9.17) is 9.78 Å². The average molecular weight is 154 g/mol. The van der Waals surface area contributed by atoms with Crippen LogP contribution in [0, 0.1) is 11.8 Å². The van der Waals surface area contributed by atoms with E-state index in [9.17, 15) is 0 Å². The molecule has 3 atom stereocenters. The fourth-order valence-electron chi connectivity index (χ4n) is 2.00. The first-order valence-electron chi connectivity index (χ1n) is 4.36. The van der Waals surface area contributed by atoms with E-state index in [0.29, 0.717) is 18.6 Å². The van der Waals surface area contributed by atoms with Crippen molar-refractivity contribution >= 4 is 0 Å². The third kappa shape index (κ3) is 1.33. The Balaban J connectivity index is 1.84. The van der Waals surface area contributed by atoms with Crippen LogP contribution in [0.5, 0.6) is 0 Å². The lowest BCUT2D eigenvalue weighted by Crippen LogP contribution is -2.18. The van der Waals surface area contributed by atoms with Crippen LogP contribution < -0.4 is 0 Å². The summed E-state index contributed by atoms with van der Waals surface area (Å²) in [5.41, 5.74) is 0. The van der Waals surface area contributed by atoms with E-state index in [1.807, 2.05) is 6.92 Å². The van der Waals surface area contributed by atoms with Gasteiger partial charge in [-0.1, -0.05) is 12.2 Å². The molecule has 0 aromatic rings. The maximum absolute atomic E-state index is 5.23. The Bertz CT molecular complexity index is 165. The largest absolute Gasteiger partial charge is 0.237 e. The minimum absolute atomic E-state index is 0.338. The molecule has 0 aromatic heterocycles. The molecule has 2 heteroatoms. The van der Waals surface area contributed by atoms with Gasteiger partial charge in [0.2, 0.25) is 0 Å². The van der Waals surface area contributed by atoms with Gasteiger partial charge in [0.15, 0.2) is 0 Å². The fraction of sp³-hybridized carbons (Fsp3) is 0.778. The molecule has 2 bridgehead atoms. The highest BCUT2D eigenvalue weighted by atomic mass is 17.2.